The van der Waals surface area contributed by atoms with Crippen LogP contribution in [0.15, 0.2) is 24.3 Å². The van der Waals surface area contributed by atoms with E-state index in [1.54, 1.807) is 0 Å². The minimum absolute atomic E-state index is 0.164. The second-order valence-electron chi connectivity index (χ2n) is 5.71. The van der Waals surface area contributed by atoms with Gasteiger partial charge < -0.3 is 4.74 Å². The number of carbonyl (C=O) groups excluding carboxylic acids is 1. The van der Waals surface area contributed by atoms with E-state index < -0.39 is 0 Å². The van der Waals surface area contributed by atoms with Crippen LogP contribution in [0.1, 0.15) is 24.0 Å². The van der Waals surface area contributed by atoms with E-state index in [0.29, 0.717) is 18.6 Å². The first-order valence-electron chi connectivity index (χ1n) is 7.18. The molecule has 2 aliphatic heterocycles. The van der Waals surface area contributed by atoms with Gasteiger partial charge in [0.25, 0.3) is 0 Å². The number of hydrazine groups is 1. The molecule has 0 spiro atoms. The lowest BCUT2D eigenvalue weighted by Crippen LogP contribution is -2.41. The van der Waals surface area contributed by atoms with Crippen LogP contribution in [0.25, 0.3) is 0 Å². The topological polar surface area (TPSA) is 67.6 Å². The number of morpholine rings is 1. The van der Waals surface area contributed by atoms with Crippen LogP contribution >= 0.6 is 0 Å². The van der Waals surface area contributed by atoms with E-state index in [1.165, 1.54) is 18.4 Å². The zero-order valence-corrected chi connectivity index (χ0v) is 11.5. The quantitative estimate of drug-likeness (QED) is 0.479. The molecule has 5 nitrogen and oxygen atoms in total. The van der Waals surface area contributed by atoms with E-state index in [0.717, 1.165) is 25.2 Å². The number of amides is 1. The Hall–Kier alpha value is -1.43. The van der Waals surface area contributed by atoms with Crippen molar-refractivity contribution in [2.24, 2.45) is 5.84 Å². The van der Waals surface area contributed by atoms with E-state index in [2.05, 4.69) is 22.5 Å². The summed E-state index contributed by atoms with van der Waals surface area (Å²) in [4.78, 5) is 13.7. The highest BCUT2D eigenvalue weighted by Gasteiger charge is 2.33. The van der Waals surface area contributed by atoms with Crippen LogP contribution in [-0.4, -0.2) is 36.1 Å². The van der Waals surface area contributed by atoms with E-state index in [9.17, 15) is 4.79 Å². The molecule has 3 rings (SSSR count). The maximum Gasteiger partial charge on any atom is 0.238 e. The average molecular weight is 275 g/mol. The van der Waals surface area contributed by atoms with Crippen molar-refractivity contribution in [3.8, 4) is 0 Å². The molecule has 2 fully saturated rings. The van der Waals surface area contributed by atoms with Crippen LogP contribution < -0.4 is 11.3 Å². The molecule has 0 aliphatic carbocycles. The predicted octanol–water partition coefficient (Wildman–Crippen LogP) is 0.582. The molecule has 2 aliphatic rings. The van der Waals surface area contributed by atoms with Crippen molar-refractivity contribution in [1.82, 2.24) is 10.3 Å². The van der Waals surface area contributed by atoms with Crippen molar-refractivity contribution < 1.29 is 9.53 Å². The molecule has 2 atom stereocenters. The molecule has 20 heavy (non-hydrogen) atoms. The van der Waals surface area contributed by atoms with Gasteiger partial charge in [-0.05, 0) is 24.0 Å². The standard InChI is InChI=1S/C15H21N3O2/c16-17-15(19)7-11-1-3-12(4-2-11)8-18-9-13-5-6-14(10-18)20-13/h1-4,13-14H,5-10,16H2,(H,17,19). The zero-order chi connectivity index (χ0) is 13.9. The van der Waals surface area contributed by atoms with Gasteiger partial charge in [0.1, 0.15) is 0 Å². The molecule has 2 unspecified atom stereocenters. The molecule has 2 bridgehead atoms. The molecule has 0 radical (unpaired) electrons. The maximum absolute atomic E-state index is 11.2. The van der Waals surface area contributed by atoms with Gasteiger partial charge in [0.15, 0.2) is 0 Å². The van der Waals surface area contributed by atoms with E-state index in [4.69, 9.17) is 10.6 Å². The van der Waals surface area contributed by atoms with Crippen LogP contribution in [-0.2, 0) is 22.5 Å². The van der Waals surface area contributed by atoms with Crippen LogP contribution in [0.4, 0.5) is 0 Å². The monoisotopic (exact) mass is 275 g/mol. The first-order valence-corrected chi connectivity index (χ1v) is 7.18. The van der Waals surface area contributed by atoms with Gasteiger partial charge in [0.05, 0.1) is 18.6 Å². The fourth-order valence-electron chi connectivity index (χ4n) is 3.09. The second kappa shape index (κ2) is 5.91. The van der Waals surface area contributed by atoms with Gasteiger partial charge in [0.2, 0.25) is 5.91 Å². The van der Waals surface area contributed by atoms with E-state index in [-0.39, 0.29) is 5.91 Å². The average Bonchev–Trinajstić information content (AvgIpc) is 2.80. The smallest absolute Gasteiger partial charge is 0.238 e. The Kier molecular flexibility index (Phi) is 4.00. The van der Waals surface area contributed by atoms with Gasteiger partial charge in [-0.3, -0.25) is 15.1 Å². The Labute approximate surface area is 119 Å². The number of nitrogens with zero attached hydrogens (tertiary/aromatic N) is 1. The van der Waals surface area contributed by atoms with Gasteiger partial charge in [0, 0.05) is 19.6 Å². The first kappa shape index (κ1) is 13.5. The number of rotatable bonds is 4. The molecular formula is C15H21N3O2. The summed E-state index contributed by atoms with van der Waals surface area (Å²) >= 11 is 0. The first-order chi connectivity index (χ1) is 9.72. The summed E-state index contributed by atoms with van der Waals surface area (Å²) in [7, 11) is 0. The van der Waals surface area contributed by atoms with Gasteiger partial charge >= 0.3 is 0 Å². The highest BCUT2D eigenvalue weighted by Crippen LogP contribution is 2.27. The summed E-state index contributed by atoms with van der Waals surface area (Å²) in [6.07, 6.45) is 3.60. The normalized spacial score (nSPS) is 25.6. The maximum atomic E-state index is 11.2. The van der Waals surface area contributed by atoms with Crippen molar-refractivity contribution in [2.45, 2.75) is 38.0 Å². The molecule has 3 N–H and O–H groups in total. The van der Waals surface area contributed by atoms with Crippen molar-refractivity contribution in [1.29, 1.82) is 0 Å². The SMILES string of the molecule is NNC(=O)Cc1ccc(CN2CC3CCC(C2)O3)cc1. The summed E-state index contributed by atoms with van der Waals surface area (Å²) in [6.45, 7) is 3.03. The van der Waals surface area contributed by atoms with Gasteiger partial charge in [-0.1, -0.05) is 24.3 Å². The number of likely N-dealkylation sites (tertiary alicyclic amines) is 1. The lowest BCUT2D eigenvalue weighted by atomic mass is 10.1. The second-order valence-corrected chi connectivity index (χ2v) is 5.71. The Morgan fingerprint density at radius 2 is 1.80 bits per heavy atom. The van der Waals surface area contributed by atoms with E-state index in [1.807, 2.05) is 12.1 Å². The van der Waals surface area contributed by atoms with Crippen molar-refractivity contribution in [2.75, 3.05) is 13.1 Å². The van der Waals surface area contributed by atoms with Crippen LogP contribution in [0.2, 0.25) is 0 Å². The summed E-state index contributed by atoms with van der Waals surface area (Å²) in [5.41, 5.74) is 4.42. The summed E-state index contributed by atoms with van der Waals surface area (Å²) < 4.78 is 5.84. The number of fused-ring (bicyclic) bond motifs is 2. The molecule has 108 valence electrons. The van der Waals surface area contributed by atoms with Gasteiger partial charge in [-0.25, -0.2) is 5.84 Å². The number of ether oxygens (including phenoxy) is 1. The summed E-state index contributed by atoms with van der Waals surface area (Å²) in [5.74, 6) is 4.92. The Morgan fingerprint density at radius 3 is 2.40 bits per heavy atom. The number of nitrogens with one attached hydrogen (secondary N) is 1. The van der Waals surface area contributed by atoms with E-state index >= 15 is 0 Å². The molecule has 1 aromatic rings. The summed E-state index contributed by atoms with van der Waals surface area (Å²) in [5, 5.41) is 0. The lowest BCUT2D eigenvalue weighted by molar-refractivity contribution is -0.120. The third kappa shape index (κ3) is 3.17. The fraction of sp³-hybridized carbons (Fsp3) is 0.533. The molecule has 0 aromatic heterocycles. The Balaban J connectivity index is 1.56. The van der Waals surface area contributed by atoms with Crippen LogP contribution in [0, 0.1) is 0 Å². The molecular weight excluding hydrogens is 254 g/mol. The van der Waals surface area contributed by atoms with Crippen LogP contribution in [0.3, 0.4) is 0 Å². The minimum atomic E-state index is -0.164. The largest absolute Gasteiger partial charge is 0.372 e. The van der Waals surface area contributed by atoms with Crippen LogP contribution in [0.5, 0.6) is 0 Å². The van der Waals surface area contributed by atoms with Gasteiger partial charge in [-0.2, -0.15) is 0 Å². The minimum Gasteiger partial charge on any atom is -0.372 e. The third-order valence-corrected chi connectivity index (χ3v) is 4.07. The highest BCUT2D eigenvalue weighted by atomic mass is 16.5. The van der Waals surface area contributed by atoms with Crippen molar-refractivity contribution in [3.63, 3.8) is 0 Å². The predicted molar refractivity (Wildman–Crippen MR) is 75.6 cm³/mol. The fourth-order valence-corrected chi connectivity index (χ4v) is 3.09. The molecule has 1 amide bonds. The number of nitrogens with two attached hydrogens (primary N) is 1. The third-order valence-electron chi connectivity index (χ3n) is 4.07. The summed E-state index contributed by atoms with van der Waals surface area (Å²) in [6, 6.07) is 8.19. The Morgan fingerprint density at radius 1 is 1.20 bits per heavy atom. The lowest BCUT2D eigenvalue weighted by Gasteiger charge is -2.32. The van der Waals surface area contributed by atoms with Crippen molar-refractivity contribution >= 4 is 5.91 Å². The number of benzene rings is 1. The molecule has 5 heteroatoms. The number of carbonyl (C=O) groups is 1. The Bertz CT molecular complexity index is 463. The van der Waals surface area contributed by atoms with Gasteiger partial charge in [-0.15, -0.1) is 0 Å². The highest BCUT2D eigenvalue weighted by molar-refractivity contribution is 5.77. The number of hydrogen-bond donors (Lipinski definition) is 2. The molecule has 2 saturated heterocycles. The van der Waals surface area contributed by atoms with Crippen molar-refractivity contribution in [3.05, 3.63) is 35.4 Å². The zero-order valence-electron chi connectivity index (χ0n) is 11.5. The molecule has 2 heterocycles. The number of hydrogen-bond acceptors (Lipinski definition) is 4. The molecule has 1 aromatic carbocycles. The molecule has 0 saturated carbocycles.